The van der Waals surface area contributed by atoms with Crippen molar-refractivity contribution in [1.82, 2.24) is 0 Å². The largest absolute Gasteiger partial charge is 0.573 e. The highest BCUT2D eigenvalue weighted by Crippen LogP contribution is 2.47. The van der Waals surface area contributed by atoms with E-state index in [1.165, 1.54) is 36.4 Å². The first kappa shape index (κ1) is 31.1. The van der Waals surface area contributed by atoms with E-state index in [1.807, 2.05) is 0 Å². The molecule has 0 amide bonds. The van der Waals surface area contributed by atoms with Gasteiger partial charge in [0.15, 0.2) is 11.4 Å². The minimum absolute atomic E-state index is 0.0205. The number of hydrogen-bond donors (Lipinski definition) is 1. The lowest BCUT2D eigenvalue weighted by Gasteiger charge is -2.43. The SMILES string of the molecule is C[C@@](O)(CN1c2cccc(-c3cccc(OC(F)(F)F)c3)c2OC[C@@H]1c1cccc(OC(F)(F)C(F)F)c1)C(F)(F)F. The molecule has 42 heavy (non-hydrogen) atoms. The van der Waals surface area contributed by atoms with Gasteiger partial charge in [0.25, 0.3) is 0 Å². The fraction of sp³-hybridized carbons (Fsp3) is 0.333. The number of halogens is 10. The fourth-order valence-electron chi connectivity index (χ4n) is 4.29. The van der Waals surface area contributed by atoms with Gasteiger partial charge < -0.3 is 24.2 Å². The number of β-amino-alcohol motifs (C(OH)–C–C–N with tert-alkyl or cyclic N) is 1. The molecular formula is C27H21F10NO4. The van der Waals surface area contributed by atoms with E-state index < -0.39 is 61.4 Å². The second-order valence-electron chi connectivity index (χ2n) is 9.49. The maximum absolute atomic E-state index is 13.8. The second kappa shape index (κ2) is 11.1. The molecular weight excluding hydrogens is 592 g/mol. The molecule has 0 bridgehead atoms. The zero-order chi connectivity index (χ0) is 31.1. The van der Waals surface area contributed by atoms with Gasteiger partial charge in [0.2, 0.25) is 0 Å². The van der Waals surface area contributed by atoms with Crippen molar-refractivity contribution in [2.45, 2.75) is 43.6 Å². The third kappa shape index (κ3) is 6.77. The van der Waals surface area contributed by atoms with Crippen molar-refractivity contribution in [3.63, 3.8) is 0 Å². The third-order valence-corrected chi connectivity index (χ3v) is 6.28. The molecule has 1 heterocycles. The van der Waals surface area contributed by atoms with E-state index in [0.29, 0.717) is 6.92 Å². The molecule has 1 aliphatic rings. The van der Waals surface area contributed by atoms with E-state index >= 15 is 0 Å². The van der Waals surface area contributed by atoms with Crippen molar-refractivity contribution in [3.05, 3.63) is 72.3 Å². The van der Waals surface area contributed by atoms with Gasteiger partial charge in [-0.2, -0.15) is 30.7 Å². The molecule has 3 aromatic rings. The highest BCUT2D eigenvalue weighted by Gasteiger charge is 2.52. The monoisotopic (exact) mass is 613 g/mol. The Morgan fingerprint density at radius 1 is 0.881 bits per heavy atom. The normalized spacial score (nSPS) is 17.4. The summed E-state index contributed by atoms with van der Waals surface area (Å²) in [4.78, 5) is 1.08. The van der Waals surface area contributed by atoms with E-state index in [4.69, 9.17) is 4.74 Å². The first-order valence-corrected chi connectivity index (χ1v) is 12.0. The number of nitrogens with zero attached hydrogens (tertiary/aromatic N) is 1. The standard InChI is InChI=1S/C27H21F10NO4/c1-24(39,26(32,33)34)14-38-20-10-4-9-19(15-5-2-8-18(11-15)42-27(35,36)37)22(20)40-13-21(38)16-6-3-7-17(12-16)41-25(30,31)23(28)29/h2-12,21,23,39H,13-14H2,1H3/t21-,24-/m1/s1. The van der Waals surface area contributed by atoms with Crippen LogP contribution in [0.2, 0.25) is 0 Å². The molecule has 0 unspecified atom stereocenters. The van der Waals surface area contributed by atoms with E-state index in [2.05, 4.69) is 9.47 Å². The Labute approximate surface area is 231 Å². The molecule has 0 saturated heterocycles. The summed E-state index contributed by atoms with van der Waals surface area (Å²) < 4.78 is 146. The van der Waals surface area contributed by atoms with Crippen LogP contribution in [0.5, 0.6) is 17.2 Å². The Kier molecular flexibility index (Phi) is 8.19. The van der Waals surface area contributed by atoms with E-state index in [1.54, 1.807) is 0 Å². The number of anilines is 1. The average Bonchev–Trinajstić information content (AvgIpc) is 2.86. The highest BCUT2D eigenvalue weighted by atomic mass is 19.4. The lowest BCUT2D eigenvalue weighted by Crippen LogP contribution is -2.53. The van der Waals surface area contributed by atoms with Gasteiger partial charge in [0.05, 0.1) is 18.3 Å². The van der Waals surface area contributed by atoms with Crippen LogP contribution in [0.3, 0.4) is 0 Å². The van der Waals surface area contributed by atoms with Crippen LogP contribution in [-0.2, 0) is 0 Å². The predicted octanol–water partition coefficient (Wildman–Crippen LogP) is 7.74. The molecule has 5 nitrogen and oxygen atoms in total. The predicted molar refractivity (Wildman–Crippen MR) is 129 cm³/mol. The third-order valence-electron chi connectivity index (χ3n) is 6.28. The number of fused-ring (bicyclic) bond motifs is 1. The summed E-state index contributed by atoms with van der Waals surface area (Å²) in [7, 11) is 0. The summed E-state index contributed by atoms with van der Waals surface area (Å²) in [5, 5.41) is 10.4. The number of alkyl halides is 10. The molecule has 228 valence electrons. The number of para-hydroxylation sites is 1. The number of benzene rings is 3. The Balaban J connectivity index is 1.79. The molecule has 15 heteroatoms. The van der Waals surface area contributed by atoms with Crippen molar-refractivity contribution in [1.29, 1.82) is 0 Å². The van der Waals surface area contributed by atoms with Crippen molar-refractivity contribution in [3.8, 4) is 28.4 Å². The van der Waals surface area contributed by atoms with Crippen LogP contribution in [-0.4, -0.2) is 48.9 Å². The van der Waals surface area contributed by atoms with Crippen LogP contribution in [0.25, 0.3) is 11.1 Å². The second-order valence-corrected chi connectivity index (χ2v) is 9.49. The van der Waals surface area contributed by atoms with Gasteiger partial charge in [-0.05, 0) is 48.4 Å². The van der Waals surface area contributed by atoms with Gasteiger partial charge in [-0.3, -0.25) is 0 Å². The van der Waals surface area contributed by atoms with Crippen molar-refractivity contribution in [2.24, 2.45) is 0 Å². The summed E-state index contributed by atoms with van der Waals surface area (Å²) in [5.41, 5.74) is -3.00. The fourth-order valence-corrected chi connectivity index (χ4v) is 4.29. The molecule has 0 aromatic heterocycles. The van der Waals surface area contributed by atoms with E-state index in [0.717, 1.165) is 35.2 Å². The average molecular weight is 613 g/mol. The molecule has 4 rings (SSSR count). The lowest BCUT2D eigenvalue weighted by molar-refractivity contribution is -0.274. The maximum atomic E-state index is 13.8. The van der Waals surface area contributed by atoms with Gasteiger partial charge in [0, 0.05) is 5.56 Å². The topological polar surface area (TPSA) is 51.2 Å². The summed E-state index contributed by atoms with van der Waals surface area (Å²) in [5.74, 6) is -1.32. The molecule has 3 aromatic carbocycles. The first-order chi connectivity index (χ1) is 19.4. The minimum atomic E-state index is -5.12. The molecule has 0 radical (unpaired) electrons. The zero-order valence-corrected chi connectivity index (χ0v) is 21.3. The summed E-state index contributed by atoms with van der Waals surface area (Å²) in [6.45, 7) is -1.02. The van der Waals surface area contributed by atoms with Crippen molar-refractivity contribution >= 4 is 5.69 Å². The van der Waals surface area contributed by atoms with Crippen LogP contribution in [0.4, 0.5) is 49.6 Å². The lowest BCUT2D eigenvalue weighted by atomic mass is 9.96. The van der Waals surface area contributed by atoms with Crippen molar-refractivity contribution in [2.75, 3.05) is 18.1 Å². The zero-order valence-electron chi connectivity index (χ0n) is 21.3. The summed E-state index contributed by atoms with van der Waals surface area (Å²) in [6, 6.07) is 12.1. The van der Waals surface area contributed by atoms with Gasteiger partial charge in [-0.25, -0.2) is 0 Å². The van der Waals surface area contributed by atoms with Crippen LogP contribution >= 0.6 is 0 Å². The van der Waals surface area contributed by atoms with Crippen LogP contribution < -0.4 is 19.1 Å². The molecule has 0 spiro atoms. The number of aliphatic hydroxyl groups is 1. The quantitative estimate of drug-likeness (QED) is 0.264. The number of ether oxygens (including phenoxy) is 3. The smallest absolute Gasteiger partial charge is 0.488 e. The van der Waals surface area contributed by atoms with E-state index in [-0.39, 0.29) is 28.1 Å². The Hall–Kier alpha value is -3.88. The van der Waals surface area contributed by atoms with Gasteiger partial charge in [-0.1, -0.05) is 36.4 Å². The highest BCUT2D eigenvalue weighted by molar-refractivity contribution is 5.80. The number of hydrogen-bond acceptors (Lipinski definition) is 5. The van der Waals surface area contributed by atoms with Gasteiger partial charge in [0.1, 0.15) is 18.1 Å². The van der Waals surface area contributed by atoms with Crippen LogP contribution in [0.1, 0.15) is 18.5 Å². The Morgan fingerprint density at radius 2 is 1.50 bits per heavy atom. The summed E-state index contributed by atoms with van der Waals surface area (Å²) >= 11 is 0. The van der Waals surface area contributed by atoms with Gasteiger partial charge >= 0.3 is 25.1 Å². The minimum Gasteiger partial charge on any atom is -0.488 e. The molecule has 0 aliphatic carbocycles. The molecule has 1 N–H and O–H groups in total. The molecule has 0 fully saturated rings. The van der Waals surface area contributed by atoms with Crippen LogP contribution in [0, 0.1) is 0 Å². The number of rotatable bonds is 8. The summed E-state index contributed by atoms with van der Waals surface area (Å²) in [6.07, 6.45) is -19.1. The Bertz CT molecular complexity index is 1410. The van der Waals surface area contributed by atoms with E-state index in [9.17, 15) is 49.0 Å². The maximum Gasteiger partial charge on any atom is 0.573 e. The molecule has 0 saturated carbocycles. The van der Waals surface area contributed by atoms with Crippen LogP contribution in [0.15, 0.2) is 66.7 Å². The first-order valence-electron chi connectivity index (χ1n) is 12.0. The van der Waals surface area contributed by atoms with Crippen molar-refractivity contribution < 1.29 is 63.2 Å². The van der Waals surface area contributed by atoms with Gasteiger partial charge in [-0.15, -0.1) is 13.2 Å². The molecule has 2 atom stereocenters. The Morgan fingerprint density at radius 3 is 2.12 bits per heavy atom. The molecule has 1 aliphatic heterocycles.